The van der Waals surface area contributed by atoms with Crippen molar-refractivity contribution in [3.8, 4) is 5.69 Å². The Kier molecular flexibility index (Phi) is 7.57. The second kappa shape index (κ2) is 10.1. The standard InChI is InChI=1S/C20H29N7O.ClH/c1-15(19-23-24-25-27(19)17-8-3-2-4-9-17)26-12-6-7-16(14-26)13-22-20(28)18-10-5-11-21-18;/h2-4,8-9,15-16,18,21H,5-7,10-14H2,1H3,(H,22,28);1H. The first-order chi connectivity index (χ1) is 13.7. The van der Waals surface area contributed by atoms with E-state index >= 15 is 0 Å². The van der Waals surface area contributed by atoms with Crippen molar-refractivity contribution in [2.24, 2.45) is 5.92 Å². The van der Waals surface area contributed by atoms with Crippen molar-refractivity contribution < 1.29 is 4.79 Å². The number of tetrazole rings is 1. The molecule has 1 aromatic heterocycles. The number of para-hydroxylation sites is 1. The number of likely N-dealkylation sites (tertiary alicyclic amines) is 1. The van der Waals surface area contributed by atoms with Crippen LogP contribution in [0.15, 0.2) is 30.3 Å². The molecule has 2 aliphatic rings. The third kappa shape index (κ3) is 5.12. The highest BCUT2D eigenvalue weighted by Crippen LogP contribution is 2.26. The summed E-state index contributed by atoms with van der Waals surface area (Å²) in [6.07, 6.45) is 4.30. The number of hydrogen-bond acceptors (Lipinski definition) is 6. The molecule has 2 N–H and O–H groups in total. The summed E-state index contributed by atoms with van der Waals surface area (Å²) in [5.41, 5.74) is 0.972. The van der Waals surface area contributed by atoms with Crippen LogP contribution in [-0.4, -0.2) is 63.2 Å². The second-order valence-electron chi connectivity index (χ2n) is 7.86. The number of piperidine rings is 1. The molecule has 4 rings (SSSR count). The highest BCUT2D eigenvalue weighted by molar-refractivity contribution is 5.85. The Hall–Kier alpha value is -2.03. The Bertz CT molecular complexity index is 778. The Balaban J connectivity index is 0.00000240. The van der Waals surface area contributed by atoms with Gasteiger partial charge in [0, 0.05) is 13.1 Å². The molecule has 2 aliphatic heterocycles. The SMILES string of the molecule is CC(c1nnnn1-c1ccccc1)N1CCCC(CNC(=O)C2CCCN2)C1.Cl. The van der Waals surface area contributed by atoms with Crippen molar-refractivity contribution >= 4 is 18.3 Å². The molecule has 158 valence electrons. The number of nitrogens with one attached hydrogen (secondary N) is 2. The largest absolute Gasteiger partial charge is 0.354 e. The van der Waals surface area contributed by atoms with Crippen LogP contribution in [0.2, 0.25) is 0 Å². The molecule has 0 bridgehead atoms. The minimum absolute atomic E-state index is 0. The van der Waals surface area contributed by atoms with Gasteiger partial charge in [0.2, 0.25) is 5.91 Å². The molecule has 3 atom stereocenters. The minimum Gasteiger partial charge on any atom is -0.354 e. The molecular formula is C20H30ClN7O. The zero-order valence-corrected chi connectivity index (χ0v) is 17.6. The molecule has 29 heavy (non-hydrogen) atoms. The maximum absolute atomic E-state index is 12.3. The maximum Gasteiger partial charge on any atom is 0.237 e. The van der Waals surface area contributed by atoms with Crippen molar-refractivity contribution in [1.29, 1.82) is 0 Å². The summed E-state index contributed by atoms with van der Waals surface area (Å²) in [6.45, 7) is 5.82. The van der Waals surface area contributed by atoms with Crippen LogP contribution in [0.3, 0.4) is 0 Å². The molecule has 0 aliphatic carbocycles. The van der Waals surface area contributed by atoms with Gasteiger partial charge in [0.15, 0.2) is 5.82 Å². The summed E-state index contributed by atoms with van der Waals surface area (Å²) in [5.74, 6) is 1.46. The summed E-state index contributed by atoms with van der Waals surface area (Å²) < 4.78 is 1.82. The molecule has 0 radical (unpaired) electrons. The van der Waals surface area contributed by atoms with Gasteiger partial charge in [-0.25, -0.2) is 0 Å². The Morgan fingerprint density at radius 2 is 2.10 bits per heavy atom. The number of carbonyl (C=O) groups excluding carboxylic acids is 1. The lowest BCUT2D eigenvalue weighted by Gasteiger charge is -2.36. The summed E-state index contributed by atoms with van der Waals surface area (Å²) in [4.78, 5) is 14.7. The van der Waals surface area contributed by atoms with Crippen LogP contribution in [0.4, 0.5) is 0 Å². The number of amides is 1. The molecule has 1 amide bonds. The van der Waals surface area contributed by atoms with Crippen molar-refractivity contribution in [3.63, 3.8) is 0 Å². The van der Waals surface area contributed by atoms with Crippen LogP contribution < -0.4 is 10.6 Å². The second-order valence-corrected chi connectivity index (χ2v) is 7.86. The first-order valence-electron chi connectivity index (χ1n) is 10.3. The first kappa shape index (κ1) is 21.7. The summed E-state index contributed by atoms with van der Waals surface area (Å²) in [7, 11) is 0. The average molecular weight is 420 g/mol. The lowest BCUT2D eigenvalue weighted by molar-refractivity contribution is -0.123. The summed E-state index contributed by atoms with van der Waals surface area (Å²) in [6, 6.07) is 10.1. The van der Waals surface area contributed by atoms with E-state index in [0.29, 0.717) is 5.92 Å². The number of halogens is 1. The smallest absolute Gasteiger partial charge is 0.237 e. The Morgan fingerprint density at radius 1 is 1.28 bits per heavy atom. The Morgan fingerprint density at radius 3 is 2.86 bits per heavy atom. The van der Waals surface area contributed by atoms with Gasteiger partial charge in [-0.15, -0.1) is 17.5 Å². The minimum atomic E-state index is -0.00545. The zero-order chi connectivity index (χ0) is 19.3. The molecule has 0 spiro atoms. The van der Waals surface area contributed by atoms with Crippen molar-refractivity contribution in [1.82, 2.24) is 35.7 Å². The van der Waals surface area contributed by atoms with Crippen LogP contribution >= 0.6 is 12.4 Å². The average Bonchev–Trinajstić information content (AvgIpc) is 3.44. The molecule has 8 nitrogen and oxygen atoms in total. The highest BCUT2D eigenvalue weighted by Gasteiger charge is 2.29. The number of carbonyl (C=O) groups is 1. The lowest BCUT2D eigenvalue weighted by atomic mass is 9.96. The fraction of sp³-hybridized carbons (Fsp3) is 0.600. The van der Waals surface area contributed by atoms with E-state index in [0.717, 1.165) is 63.4 Å². The zero-order valence-electron chi connectivity index (χ0n) is 16.8. The van der Waals surface area contributed by atoms with E-state index in [-0.39, 0.29) is 30.4 Å². The third-order valence-electron chi connectivity index (χ3n) is 5.91. The molecular weight excluding hydrogens is 390 g/mol. The van der Waals surface area contributed by atoms with E-state index in [4.69, 9.17) is 0 Å². The lowest BCUT2D eigenvalue weighted by Crippen LogP contribution is -2.46. The number of aromatic nitrogens is 4. The van der Waals surface area contributed by atoms with Crippen LogP contribution in [0, 0.1) is 5.92 Å². The van der Waals surface area contributed by atoms with Crippen molar-refractivity contribution in [2.75, 3.05) is 26.2 Å². The molecule has 3 heterocycles. The fourth-order valence-corrected chi connectivity index (χ4v) is 4.26. The van der Waals surface area contributed by atoms with Gasteiger partial charge in [-0.1, -0.05) is 18.2 Å². The van der Waals surface area contributed by atoms with E-state index in [1.54, 1.807) is 0 Å². The number of nitrogens with zero attached hydrogens (tertiary/aromatic N) is 5. The Labute approximate surface area is 177 Å². The van der Waals surface area contributed by atoms with Gasteiger partial charge in [-0.2, -0.15) is 4.68 Å². The monoisotopic (exact) mass is 419 g/mol. The van der Waals surface area contributed by atoms with E-state index < -0.39 is 0 Å². The van der Waals surface area contributed by atoms with Gasteiger partial charge in [0.05, 0.1) is 17.8 Å². The van der Waals surface area contributed by atoms with Gasteiger partial charge in [-0.3, -0.25) is 9.69 Å². The first-order valence-corrected chi connectivity index (χ1v) is 10.3. The third-order valence-corrected chi connectivity index (χ3v) is 5.91. The van der Waals surface area contributed by atoms with Gasteiger partial charge in [0.25, 0.3) is 0 Å². The number of benzene rings is 1. The molecule has 2 saturated heterocycles. The molecule has 1 aromatic carbocycles. The summed E-state index contributed by atoms with van der Waals surface area (Å²) in [5, 5.41) is 18.8. The maximum atomic E-state index is 12.3. The topological polar surface area (TPSA) is 88.0 Å². The van der Waals surface area contributed by atoms with Crippen LogP contribution in [0.5, 0.6) is 0 Å². The van der Waals surface area contributed by atoms with Gasteiger partial charge in [0.1, 0.15) is 0 Å². The molecule has 2 fully saturated rings. The van der Waals surface area contributed by atoms with Gasteiger partial charge < -0.3 is 10.6 Å². The molecule has 3 unspecified atom stereocenters. The predicted molar refractivity (Wildman–Crippen MR) is 113 cm³/mol. The van der Waals surface area contributed by atoms with Crippen LogP contribution in [0.1, 0.15) is 44.5 Å². The van der Waals surface area contributed by atoms with Crippen LogP contribution in [0.25, 0.3) is 5.69 Å². The van der Waals surface area contributed by atoms with Crippen molar-refractivity contribution in [3.05, 3.63) is 36.2 Å². The van der Waals surface area contributed by atoms with E-state index in [1.807, 2.05) is 35.0 Å². The number of rotatable bonds is 6. The van der Waals surface area contributed by atoms with Crippen molar-refractivity contribution in [2.45, 2.75) is 44.7 Å². The summed E-state index contributed by atoms with van der Waals surface area (Å²) >= 11 is 0. The van der Waals surface area contributed by atoms with Gasteiger partial charge >= 0.3 is 0 Å². The predicted octanol–water partition coefficient (Wildman–Crippen LogP) is 1.73. The quantitative estimate of drug-likeness (QED) is 0.741. The molecule has 0 saturated carbocycles. The molecule has 2 aromatic rings. The molecule has 9 heteroatoms. The van der Waals surface area contributed by atoms with E-state index in [1.165, 1.54) is 0 Å². The number of hydrogen-bond donors (Lipinski definition) is 2. The fourth-order valence-electron chi connectivity index (χ4n) is 4.26. The van der Waals surface area contributed by atoms with E-state index in [9.17, 15) is 4.79 Å². The normalized spacial score (nSPS) is 23.3. The van der Waals surface area contributed by atoms with Crippen LogP contribution in [-0.2, 0) is 4.79 Å². The highest BCUT2D eigenvalue weighted by atomic mass is 35.5. The van der Waals surface area contributed by atoms with E-state index in [2.05, 4.69) is 38.0 Å². The van der Waals surface area contributed by atoms with Gasteiger partial charge in [-0.05, 0) is 74.2 Å².